The Hall–Kier alpha value is -4.10. The van der Waals surface area contributed by atoms with E-state index < -0.39 is 5.60 Å². The lowest BCUT2D eigenvalue weighted by molar-refractivity contribution is 0.00902. The SMILES string of the molecule is COc1cc2nc(C)nc(NC(C)c3cccc(C#N)c3C)c2cc1N1CCC(N2CCN(C(=O)OC(C)(C)C)CC2)CC1. The lowest BCUT2D eigenvalue weighted by atomic mass is 9.98. The van der Waals surface area contributed by atoms with Crippen LogP contribution in [0.25, 0.3) is 10.9 Å². The van der Waals surface area contributed by atoms with E-state index in [1.54, 1.807) is 7.11 Å². The van der Waals surface area contributed by atoms with E-state index in [0.29, 0.717) is 30.5 Å². The monoisotopic (exact) mass is 599 g/mol. The van der Waals surface area contributed by atoms with Crippen molar-refractivity contribution < 1.29 is 14.3 Å². The van der Waals surface area contributed by atoms with Crippen molar-refractivity contribution in [1.82, 2.24) is 19.8 Å². The highest BCUT2D eigenvalue weighted by Gasteiger charge is 2.31. The second-order valence-corrected chi connectivity index (χ2v) is 12.9. The minimum Gasteiger partial charge on any atom is -0.495 e. The van der Waals surface area contributed by atoms with E-state index >= 15 is 0 Å². The molecule has 1 aromatic heterocycles. The van der Waals surface area contributed by atoms with E-state index in [1.165, 1.54) is 0 Å². The van der Waals surface area contributed by atoms with Crippen LogP contribution in [0.2, 0.25) is 0 Å². The van der Waals surface area contributed by atoms with E-state index in [4.69, 9.17) is 19.4 Å². The molecule has 2 aliphatic heterocycles. The predicted molar refractivity (Wildman–Crippen MR) is 173 cm³/mol. The van der Waals surface area contributed by atoms with Gasteiger partial charge in [-0.3, -0.25) is 4.90 Å². The number of methoxy groups -OCH3 is 1. The summed E-state index contributed by atoms with van der Waals surface area (Å²) in [6, 6.07) is 12.7. The number of rotatable bonds is 6. The van der Waals surface area contributed by atoms with Crippen LogP contribution in [0.1, 0.15) is 69.1 Å². The van der Waals surface area contributed by atoms with Crippen LogP contribution in [-0.2, 0) is 4.74 Å². The molecule has 3 heterocycles. The minimum absolute atomic E-state index is 0.0575. The maximum absolute atomic E-state index is 12.5. The lowest BCUT2D eigenvalue weighted by Gasteiger charge is -2.43. The molecule has 1 N–H and O–H groups in total. The standard InChI is InChI=1S/C34H45N7O3/c1-22-25(21-35)9-8-10-27(22)23(2)36-32-28-19-30(31(43-7)20-29(28)37-24(3)38-32)40-13-11-26(12-14-40)39-15-17-41(18-16-39)33(42)44-34(4,5)6/h8-10,19-20,23,26H,11-18H2,1-7H3,(H,36,37,38). The summed E-state index contributed by atoms with van der Waals surface area (Å²) in [7, 11) is 1.71. The highest BCUT2D eigenvalue weighted by atomic mass is 16.6. The highest BCUT2D eigenvalue weighted by molar-refractivity contribution is 5.94. The molecule has 1 atom stereocenters. The first kappa shape index (κ1) is 31.3. The number of ether oxygens (including phenoxy) is 2. The largest absolute Gasteiger partial charge is 0.495 e. The number of piperidine rings is 1. The summed E-state index contributed by atoms with van der Waals surface area (Å²) in [5, 5.41) is 14.1. The molecular formula is C34H45N7O3. The van der Waals surface area contributed by atoms with E-state index in [0.717, 1.165) is 78.3 Å². The molecule has 2 aromatic carbocycles. The molecule has 1 unspecified atom stereocenters. The van der Waals surface area contributed by atoms with Crippen molar-refractivity contribution in [2.45, 2.75) is 72.1 Å². The molecule has 0 saturated carbocycles. The molecule has 44 heavy (non-hydrogen) atoms. The highest BCUT2D eigenvalue weighted by Crippen LogP contribution is 2.38. The number of benzene rings is 2. The Morgan fingerprint density at radius 2 is 1.77 bits per heavy atom. The molecule has 1 amide bonds. The zero-order chi connectivity index (χ0) is 31.6. The average Bonchev–Trinajstić information content (AvgIpc) is 2.99. The molecule has 10 nitrogen and oxygen atoms in total. The Bertz CT molecular complexity index is 1550. The molecule has 0 spiro atoms. The fourth-order valence-electron chi connectivity index (χ4n) is 6.38. The van der Waals surface area contributed by atoms with Crippen molar-refractivity contribution in [2.75, 3.05) is 56.6 Å². The summed E-state index contributed by atoms with van der Waals surface area (Å²) in [4.78, 5) is 28.8. The third-order valence-corrected chi connectivity index (χ3v) is 8.71. The van der Waals surface area contributed by atoms with Gasteiger partial charge in [-0.05, 0) is 77.6 Å². The Labute approximate surface area is 261 Å². The predicted octanol–water partition coefficient (Wildman–Crippen LogP) is 5.82. The summed E-state index contributed by atoms with van der Waals surface area (Å²) in [6.07, 6.45) is 1.85. The lowest BCUT2D eigenvalue weighted by Crippen LogP contribution is -2.55. The molecular weight excluding hydrogens is 554 g/mol. The first-order chi connectivity index (χ1) is 21.0. The molecule has 5 rings (SSSR count). The normalized spacial score (nSPS) is 17.3. The summed E-state index contributed by atoms with van der Waals surface area (Å²) >= 11 is 0. The summed E-state index contributed by atoms with van der Waals surface area (Å²) in [5.74, 6) is 2.25. The van der Waals surface area contributed by atoms with E-state index in [2.05, 4.69) is 40.2 Å². The molecule has 0 radical (unpaired) electrons. The van der Waals surface area contributed by atoms with Gasteiger partial charge in [0.25, 0.3) is 0 Å². The van der Waals surface area contributed by atoms with Gasteiger partial charge in [0.1, 0.15) is 23.0 Å². The second-order valence-electron chi connectivity index (χ2n) is 12.9. The van der Waals surface area contributed by atoms with Gasteiger partial charge in [0.15, 0.2) is 0 Å². The van der Waals surface area contributed by atoms with Crippen LogP contribution < -0.4 is 15.0 Å². The number of fused-ring (bicyclic) bond motifs is 1. The van der Waals surface area contributed by atoms with Gasteiger partial charge in [-0.2, -0.15) is 5.26 Å². The minimum atomic E-state index is -0.478. The fraction of sp³-hybridized carbons (Fsp3) is 0.529. The average molecular weight is 600 g/mol. The third kappa shape index (κ3) is 6.83. The third-order valence-electron chi connectivity index (χ3n) is 8.71. The van der Waals surface area contributed by atoms with Gasteiger partial charge in [0.05, 0.1) is 36.0 Å². The maximum Gasteiger partial charge on any atom is 0.410 e. The fourth-order valence-corrected chi connectivity index (χ4v) is 6.38. The smallest absolute Gasteiger partial charge is 0.410 e. The number of hydrogen-bond donors (Lipinski definition) is 1. The van der Waals surface area contributed by atoms with Crippen molar-refractivity contribution in [2.24, 2.45) is 0 Å². The number of amides is 1. The number of nitriles is 1. The number of carbonyl (C=O) groups excluding carboxylic acids is 1. The van der Waals surface area contributed by atoms with Crippen LogP contribution in [0.5, 0.6) is 5.75 Å². The number of carbonyl (C=O) groups is 1. The zero-order valence-corrected chi connectivity index (χ0v) is 27.1. The molecule has 2 fully saturated rings. The van der Waals surface area contributed by atoms with Crippen molar-refractivity contribution in [3.05, 3.63) is 52.8 Å². The van der Waals surface area contributed by atoms with Gasteiger partial charge < -0.3 is 24.6 Å². The van der Waals surface area contributed by atoms with Gasteiger partial charge in [-0.1, -0.05) is 12.1 Å². The first-order valence-electron chi connectivity index (χ1n) is 15.6. The van der Waals surface area contributed by atoms with Gasteiger partial charge in [0.2, 0.25) is 0 Å². The van der Waals surface area contributed by atoms with Gasteiger partial charge in [-0.25, -0.2) is 14.8 Å². The number of aromatic nitrogens is 2. The van der Waals surface area contributed by atoms with Crippen molar-refractivity contribution >= 4 is 28.5 Å². The topological polar surface area (TPSA) is 107 Å². The van der Waals surface area contributed by atoms with Gasteiger partial charge >= 0.3 is 6.09 Å². The second kappa shape index (κ2) is 12.9. The van der Waals surface area contributed by atoms with Crippen LogP contribution in [0, 0.1) is 25.2 Å². The van der Waals surface area contributed by atoms with E-state index in [9.17, 15) is 10.1 Å². The van der Waals surface area contributed by atoms with Crippen molar-refractivity contribution in [3.8, 4) is 11.8 Å². The van der Waals surface area contributed by atoms with Crippen LogP contribution in [-0.4, -0.2) is 83.9 Å². The van der Waals surface area contributed by atoms with Crippen LogP contribution in [0.3, 0.4) is 0 Å². The summed E-state index contributed by atoms with van der Waals surface area (Å²) < 4.78 is 11.4. The Morgan fingerprint density at radius 3 is 2.41 bits per heavy atom. The number of nitrogens with one attached hydrogen (secondary N) is 1. The Morgan fingerprint density at radius 1 is 1.07 bits per heavy atom. The molecule has 0 aliphatic carbocycles. The van der Waals surface area contributed by atoms with Gasteiger partial charge in [-0.15, -0.1) is 0 Å². The molecule has 234 valence electrons. The Balaban J connectivity index is 1.30. The molecule has 3 aromatic rings. The maximum atomic E-state index is 12.5. The first-order valence-corrected chi connectivity index (χ1v) is 15.6. The van der Waals surface area contributed by atoms with Crippen LogP contribution in [0.15, 0.2) is 30.3 Å². The van der Waals surface area contributed by atoms with Gasteiger partial charge in [0, 0.05) is 56.8 Å². The molecule has 2 saturated heterocycles. The number of nitrogens with zero attached hydrogens (tertiary/aromatic N) is 6. The van der Waals surface area contributed by atoms with Crippen molar-refractivity contribution in [3.63, 3.8) is 0 Å². The number of aryl methyl sites for hydroxylation is 1. The van der Waals surface area contributed by atoms with E-state index in [-0.39, 0.29) is 12.1 Å². The van der Waals surface area contributed by atoms with Crippen LogP contribution >= 0.6 is 0 Å². The Kier molecular flexibility index (Phi) is 9.16. The summed E-state index contributed by atoms with van der Waals surface area (Å²) in [6.45, 7) is 16.6. The molecule has 2 aliphatic rings. The zero-order valence-electron chi connectivity index (χ0n) is 27.1. The number of hydrogen-bond acceptors (Lipinski definition) is 9. The number of piperazine rings is 1. The summed E-state index contributed by atoms with van der Waals surface area (Å²) in [5.41, 5.74) is 4.11. The molecule has 10 heteroatoms. The van der Waals surface area contributed by atoms with Crippen molar-refractivity contribution in [1.29, 1.82) is 5.26 Å². The van der Waals surface area contributed by atoms with Crippen LogP contribution in [0.4, 0.5) is 16.3 Å². The quantitative estimate of drug-likeness (QED) is 0.375. The number of anilines is 2. The molecule has 0 bridgehead atoms. The van der Waals surface area contributed by atoms with E-state index in [1.807, 2.05) is 57.7 Å².